The van der Waals surface area contributed by atoms with Gasteiger partial charge in [-0.3, -0.25) is 0 Å². The van der Waals surface area contributed by atoms with E-state index >= 15 is 0 Å². The summed E-state index contributed by atoms with van der Waals surface area (Å²) in [6, 6.07) is 0.590. The third-order valence-corrected chi connectivity index (χ3v) is 1.93. The predicted octanol–water partition coefficient (Wildman–Crippen LogP) is 0.953. The Kier molecular flexibility index (Phi) is 8.40. The molecule has 0 heterocycles. The summed E-state index contributed by atoms with van der Waals surface area (Å²) in [5, 5.41) is 3.39. The first-order chi connectivity index (χ1) is 6.16. The van der Waals surface area contributed by atoms with E-state index in [1.807, 2.05) is 0 Å². The van der Waals surface area contributed by atoms with E-state index in [9.17, 15) is 0 Å². The first kappa shape index (κ1) is 12.9. The minimum Gasteiger partial charge on any atom is -0.385 e. The molecule has 0 spiro atoms. The predicted molar refractivity (Wildman–Crippen MR) is 57.1 cm³/mol. The van der Waals surface area contributed by atoms with E-state index in [-0.39, 0.29) is 0 Å². The Labute approximate surface area is 82.4 Å². The molecule has 0 radical (unpaired) electrons. The fourth-order valence-electron chi connectivity index (χ4n) is 1.13. The molecule has 1 N–H and O–H groups in total. The molecule has 0 aliphatic heterocycles. The molecule has 0 fully saturated rings. The summed E-state index contributed by atoms with van der Waals surface area (Å²) < 4.78 is 4.99. The van der Waals surface area contributed by atoms with Crippen molar-refractivity contribution in [3.05, 3.63) is 0 Å². The lowest BCUT2D eigenvalue weighted by Crippen LogP contribution is -2.33. The van der Waals surface area contributed by atoms with Crippen LogP contribution in [0.2, 0.25) is 0 Å². The molecule has 0 saturated carbocycles. The van der Waals surface area contributed by atoms with Crippen LogP contribution >= 0.6 is 0 Å². The largest absolute Gasteiger partial charge is 0.385 e. The van der Waals surface area contributed by atoms with E-state index in [4.69, 9.17) is 4.74 Å². The van der Waals surface area contributed by atoms with E-state index in [0.29, 0.717) is 6.04 Å². The SMILES string of the molecule is COCCCN(C)CCNC(C)C. The molecule has 0 aromatic heterocycles. The molecule has 0 aromatic rings. The minimum absolute atomic E-state index is 0.590. The topological polar surface area (TPSA) is 24.5 Å². The van der Waals surface area contributed by atoms with Gasteiger partial charge in [-0.05, 0) is 13.5 Å². The number of ether oxygens (including phenoxy) is 1. The van der Waals surface area contributed by atoms with Gasteiger partial charge in [0.15, 0.2) is 0 Å². The molecule has 0 rings (SSSR count). The van der Waals surface area contributed by atoms with Gasteiger partial charge in [-0.1, -0.05) is 13.8 Å². The van der Waals surface area contributed by atoms with Gasteiger partial charge < -0.3 is 15.0 Å². The van der Waals surface area contributed by atoms with Crippen molar-refractivity contribution >= 4 is 0 Å². The molecule has 80 valence electrons. The van der Waals surface area contributed by atoms with Crippen molar-refractivity contribution in [1.82, 2.24) is 10.2 Å². The van der Waals surface area contributed by atoms with Crippen LogP contribution < -0.4 is 5.32 Å². The average Bonchev–Trinajstić information content (AvgIpc) is 2.04. The molecule has 0 aliphatic rings. The number of hydrogen-bond acceptors (Lipinski definition) is 3. The van der Waals surface area contributed by atoms with Crippen LogP contribution in [0.5, 0.6) is 0 Å². The summed E-state index contributed by atoms with van der Waals surface area (Å²) in [6.07, 6.45) is 1.12. The highest BCUT2D eigenvalue weighted by atomic mass is 16.5. The second-order valence-electron chi connectivity index (χ2n) is 3.76. The van der Waals surface area contributed by atoms with Gasteiger partial charge >= 0.3 is 0 Å². The Bertz CT molecular complexity index is 107. The van der Waals surface area contributed by atoms with Crippen molar-refractivity contribution in [2.45, 2.75) is 26.3 Å². The summed E-state index contributed by atoms with van der Waals surface area (Å²) >= 11 is 0. The zero-order valence-corrected chi connectivity index (χ0v) is 9.47. The lowest BCUT2D eigenvalue weighted by Gasteiger charge is -2.17. The van der Waals surface area contributed by atoms with Crippen molar-refractivity contribution in [3.63, 3.8) is 0 Å². The Balaban J connectivity index is 3.15. The number of hydrogen-bond donors (Lipinski definition) is 1. The monoisotopic (exact) mass is 188 g/mol. The van der Waals surface area contributed by atoms with Gasteiger partial charge in [-0.15, -0.1) is 0 Å². The highest BCUT2D eigenvalue weighted by Gasteiger charge is 1.97. The second kappa shape index (κ2) is 8.48. The van der Waals surface area contributed by atoms with Crippen LogP contribution in [-0.2, 0) is 4.74 Å². The zero-order valence-electron chi connectivity index (χ0n) is 9.47. The average molecular weight is 188 g/mol. The Morgan fingerprint density at radius 3 is 2.54 bits per heavy atom. The lowest BCUT2D eigenvalue weighted by atomic mass is 10.3. The van der Waals surface area contributed by atoms with Crippen LogP contribution in [0.3, 0.4) is 0 Å². The number of nitrogens with one attached hydrogen (secondary N) is 1. The molecule has 0 unspecified atom stereocenters. The molecule has 0 aromatic carbocycles. The highest BCUT2D eigenvalue weighted by molar-refractivity contribution is 4.57. The highest BCUT2D eigenvalue weighted by Crippen LogP contribution is 1.87. The quantitative estimate of drug-likeness (QED) is 0.574. The standard InChI is InChI=1S/C10H24N2O/c1-10(2)11-6-8-12(3)7-5-9-13-4/h10-11H,5-9H2,1-4H3. The van der Waals surface area contributed by atoms with Crippen molar-refractivity contribution in [3.8, 4) is 0 Å². The molecule has 0 aliphatic carbocycles. The van der Waals surface area contributed by atoms with Gasteiger partial charge in [-0.2, -0.15) is 0 Å². The maximum absolute atomic E-state index is 4.99. The van der Waals surface area contributed by atoms with E-state index in [2.05, 4.69) is 31.1 Å². The van der Waals surface area contributed by atoms with E-state index < -0.39 is 0 Å². The maximum atomic E-state index is 4.99. The Hall–Kier alpha value is -0.120. The number of rotatable bonds is 8. The molecule has 0 saturated heterocycles. The summed E-state index contributed by atoms with van der Waals surface area (Å²) in [7, 11) is 3.90. The van der Waals surface area contributed by atoms with Gasteiger partial charge in [0.1, 0.15) is 0 Å². The van der Waals surface area contributed by atoms with Crippen molar-refractivity contribution in [2.24, 2.45) is 0 Å². The molecular weight excluding hydrogens is 164 g/mol. The van der Waals surface area contributed by atoms with Crippen LogP contribution in [0.4, 0.5) is 0 Å². The third-order valence-electron chi connectivity index (χ3n) is 1.93. The molecule has 3 nitrogen and oxygen atoms in total. The van der Waals surface area contributed by atoms with E-state index in [0.717, 1.165) is 32.7 Å². The summed E-state index contributed by atoms with van der Waals surface area (Å²) in [4.78, 5) is 2.33. The third kappa shape index (κ3) is 9.80. The summed E-state index contributed by atoms with van der Waals surface area (Å²) in [5.74, 6) is 0. The molecule has 3 heteroatoms. The Morgan fingerprint density at radius 1 is 1.31 bits per heavy atom. The maximum Gasteiger partial charge on any atom is 0.0474 e. The zero-order chi connectivity index (χ0) is 10.1. The van der Waals surface area contributed by atoms with Gasteiger partial charge in [-0.25, -0.2) is 0 Å². The van der Waals surface area contributed by atoms with Crippen LogP contribution in [0.1, 0.15) is 20.3 Å². The molecule has 0 atom stereocenters. The van der Waals surface area contributed by atoms with Gasteiger partial charge in [0, 0.05) is 39.4 Å². The Morgan fingerprint density at radius 2 is 2.00 bits per heavy atom. The molecule has 0 amide bonds. The molecule has 0 bridgehead atoms. The van der Waals surface area contributed by atoms with Gasteiger partial charge in [0.2, 0.25) is 0 Å². The van der Waals surface area contributed by atoms with Crippen LogP contribution in [0.25, 0.3) is 0 Å². The van der Waals surface area contributed by atoms with E-state index in [1.54, 1.807) is 7.11 Å². The van der Waals surface area contributed by atoms with Crippen molar-refractivity contribution < 1.29 is 4.74 Å². The smallest absolute Gasteiger partial charge is 0.0474 e. The first-order valence-electron chi connectivity index (χ1n) is 5.07. The van der Waals surface area contributed by atoms with Crippen molar-refractivity contribution in [2.75, 3.05) is 40.4 Å². The first-order valence-corrected chi connectivity index (χ1v) is 5.07. The second-order valence-corrected chi connectivity index (χ2v) is 3.76. The minimum atomic E-state index is 0.590. The van der Waals surface area contributed by atoms with Crippen molar-refractivity contribution in [1.29, 1.82) is 0 Å². The normalized spacial score (nSPS) is 11.5. The fraction of sp³-hybridized carbons (Fsp3) is 1.00. The van der Waals surface area contributed by atoms with Crippen LogP contribution in [-0.4, -0.2) is 51.3 Å². The summed E-state index contributed by atoms with van der Waals surface area (Å²) in [6.45, 7) is 8.51. The van der Waals surface area contributed by atoms with Gasteiger partial charge in [0.05, 0.1) is 0 Å². The van der Waals surface area contributed by atoms with Gasteiger partial charge in [0.25, 0.3) is 0 Å². The molecular formula is C10H24N2O. The number of methoxy groups -OCH3 is 1. The number of nitrogens with zero attached hydrogens (tertiary/aromatic N) is 1. The van der Waals surface area contributed by atoms with E-state index in [1.165, 1.54) is 0 Å². The lowest BCUT2D eigenvalue weighted by molar-refractivity contribution is 0.179. The van der Waals surface area contributed by atoms with Crippen LogP contribution in [0.15, 0.2) is 0 Å². The summed E-state index contributed by atoms with van der Waals surface area (Å²) in [5.41, 5.74) is 0. The van der Waals surface area contributed by atoms with Crippen LogP contribution in [0, 0.1) is 0 Å². The number of likely N-dealkylation sites (N-methyl/N-ethyl adjacent to an activating group) is 1. The molecule has 13 heavy (non-hydrogen) atoms. The fourth-order valence-corrected chi connectivity index (χ4v) is 1.13.